The van der Waals surface area contributed by atoms with Gasteiger partial charge in [-0.25, -0.2) is 14.2 Å². The molecule has 0 spiro atoms. The molecule has 0 atom stereocenters. The van der Waals surface area contributed by atoms with Crippen LogP contribution in [-0.4, -0.2) is 36.1 Å². The van der Waals surface area contributed by atoms with Crippen LogP contribution < -0.4 is 5.32 Å². The van der Waals surface area contributed by atoms with Gasteiger partial charge in [0.15, 0.2) is 5.13 Å². The molecule has 0 saturated heterocycles. The van der Waals surface area contributed by atoms with Crippen molar-refractivity contribution < 1.29 is 13.9 Å². The van der Waals surface area contributed by atoms with Gasteiger partial charge in [-0.3, -0.25) is 4.90 Å². The van der Waals surface area contributed by atoms with Crippen LogP contribution in [0, 0.1) is 5.82 Å². The molecule has 3 aromatic rings. The number of rotatable bonds is 5. The van der Waals surface area contributed by atoms with E-state index >= 15 is 0 Å². The second kappa shape index (κ2) is 7.53. The van der Waals surface area contributed by atoms with Crippen molar-refractivity contribution in [3.63, 3.8) is 0 Å². The first-order chi connectivity index (χ1) is 13.1. The fourth-order valence-electron chi connectivity index (χ4n) is 3.42. The third-order valence-electron chi connectivity index (χ3n) is 4.64. The van der Waals surface area contributed by atoms with Gasteiger partial charge in [0.05, 0.1) is 22.9 Å². The van der Waals surface area contributed by atoms with Crippen molar-refractivity contribution in [2.45, 2.75) is 26.3 Å². The number of hydrogen-bond donors (Lipinski definition) is 1. The molecule has 2 aromatic heterocycles. The first-order valence-electron chi connectivity index (χ1n) is 8.87. The molecule has 0 aliphatic carbocycles. The lowest BCUT2D eigenvalue weighted by Gasteiger charge is -2.26. The highest BCUT2D eigenvalue weighted by atomic mass is 32.1. The van der Waals surface area contributed by atoms with E-state index in [2.05, 4.69) is 22.1 Å². The molecule has 4 rings (SSSR count). The normalized spacial score (nSPS) is 14.3. The Kier molecular flexibility index (Phi) is 5.12. The summed E-state index contributed by atoms with van der Waals surface area (Å²) in [5.41, 5.74) is 2.42. The summed E-state index contributed by atoms with van der Waals surface area (Å²) in [7, 11) is 1.41. The second-order valence-electron chi connectivity index (χ2n) is 6.48. The van der Waals surface area contributed by atoms with Crippen LogP contribution >= 0.6 is 22.7 Å². The highest BCUT2D eigenvalue weighted by Gasteiger charge is 2.28. The Labute approximate surface area is 164 Å². The van der Waals surface area contributed by atoms with Crippen molar-refractivity contribution in [3.8, 4) is 0 Å². The third kappa shape index (κ3) is 3.56. The summed E-state index contributed by atoms with van der Waals surface area (Å²) in [5, 5.41) is 4.68. The fourth-order valence-corrected chi connectivity index (χ4v) is 5.66. The number of nitrogens with one attached hydrogen (secondary N) is 1. The number of thiophene rings is 1. The van der Waals surface area contributed by atoms with Crippen molar-refractivity contribution in [1.29, 1.82) is 0 Å². The standard InChI is InChI=1S/C19H20FN3O2S2/c1-3-7-23-8-6-12-15(10-23)26-17(16(12)18(24)25-2)22-19-21-13-5-4-11(20)9-14(13)27-19/h4-5,9H,3,6-8,10H2,1-2H3,(H,21,22). The van der Waals surface area contributed by atoms with Gasteiger partial charge in [0.25, 0.3) is 0 Å². The maximum atomic E-state index is 13.4. The van der Waals surface area contributed by atoms with Gasteiger partial charge in [0, 0.05) is 18.0 Å². The number of hydrogen-bond acceptors (Lipinski definition) is 7. The minimum Gasteiger partial charge on any atom is -0.465 e. The van der Waals surface area contributed by atoms with E-state index in [1.165, 1.54) is 35.5 Å². The summed E-state index contributed by atoms with van der Waals surface area (Å²) < 4.78 is 19.2. The highest BCUT2D eigenvalue weighted by molar-refractivity contribution is 7.23. The Morgan fingerprint density at radius 2 is 2.26 bits per heavy atom. The van der Waals surface area contributed by atoms with Crippen LogP contribution in [0.25, 0.3) is 10.2 Å². The average Bonchev–Trinajstić information content (AvgIpc) is 3.21. The molecule has 1 N–H and O–H groups in total. The summed E-state index contributed by atoms with van der Waals surface area (Å²) in [5.74, 6) is -0.610. The molecule has 5 nitrogen and oxygen atoms in total. The SMILES string of the molecule is CCCN1CCc2c(sc(Nc3nc4ccc(F)cc4s3)c2C(=O)OC)C1. The van der Waals surface area contributed by atoms with E-state index in [4.69, 9.17) is 4.74 Å². The van der Waals surface area contributed by atoms with Gasteiger partial charge in [0.2, 0.25) is 0 Å². The van der Waals surface area contributed by atoms with E-state index in [-0.39, 0.29) is 11.8 Å². The largest absolute Gasteiger partial charge is 0.465 e. The lowest BCUT2D eigenvalue weighted by atomic mass is 10.0. The van der Waals surface area contributed by atoms with Crippen molar-refractivity contribution in [3.05, 3.63) is 40.0 Å². The predicted molar refractivity (Wildman–Crippen MR) is 108 cm³/mol. The number of methoxy groups -OCH3 is 1. The van der Waals surface area contributed by atoms with Gasteiger partial charge in [-0.2, -0.15) is 0 Å². The Morgan fingerprint density at radius 1 is 1.41 bits per heavy atom. The number of carbonyl (C=O) groups is 1. The van der Waals surface area contributed by atoms with Gasteiger partial charge < -0.3 is 10.1 Å². The molecule has 0 radical (unpaired) electrons. The lowest BCUT2D eigenvalue weighted by molar-refractivity contribution is 0.0600. The van der Waals surface area contributed by atoms with Crippen LogP contribution in [0.15, 0.2) is 18.2 Å². The first kappa shape index (κ1) is 18.3. The first-order valence-corrected chi connectivity index (χ1v) is 10.5. The topological polar surface area (TPSA) is 54.5 Å². The molecule has 142 valence electrons. The maximum Gasteiger partial charge on any atom is 0.341 e. The molecule has 1 aliphatic rings. The van der Waals surface area contributed by atoms with Crippen molar-refractivity contribution >= 4 is 49.0 Å². The van der Waals surface area contributed by atoms with Gasteiger partial charge in [-0.05, 0) is 43.1 Å². The number of carbonyl (C=O) groups excluding carboxylic acids is 1. The number of nitrogens with zero attached hydrogens (tertiary/aromatic N) is 2. The van der Waals surface area contributed by atoms with Gasteiger partial charge >= 0.3 is 5.97 Å². The third-order valence-corrected chi connectivity index (χ3v) is 6.70. The van der Waals surface area contributed by atoms with E-state index in [1.807, 2.05) is 0 Å². The zero-order chi connectivity index (χ0) is 19.0. The molecule has 3 heterocycles. The molecule has 0 amide bonds. The molecule has 27 heavy (non-hydrogen) atoms. The molecule has 0 unspecified atom stereocenters. The minimum absolute atomic E-state index is 0.282. The number of anilines is 2. The molecule has 1 aliphatic heterocycles. The summed E-state index contributed by atoms with van der Waals surface area (Å²) >= 11 is 2.95. The summed E-state index contributed by atoms with van der Waals surface area (Å²) in [4.78, 5) is 20.6. The number of halogens is 1. The van der Waals surface area contributed by atoms with Gasteiger partial charge in [-0.1, -0.05) is 18.3 Å². The Morgan fingerprint density at radius 3 is 3.04 bits per heavy atom. The van der Waals surface area contributed by atoms with Crippen molar-refractivity contribution in [2.24, 2.45) is 0 Å². The molecular formula is C19H20FN3O2S2. The second-order valence-corrected chi connectivity index (χ2v) is 8.62. The van der Waals surface area contributed by atoms with E-state index < -0.39 is 0 Å². The fraction of sp³-hybridized carbons (Fsp3) is 0.368. The van der Waals surface area contributed by atoms with Gasteiger partial charge in [0.1, 0.15) is 10.8 Å². The quantitative estimate of drug-likeness (QED) is 0.618. The number of thiazole rings is 1. The highest BCUT2D eigenvalue weighted by Crippen LogP contribution is 2.40. The van der Waals surface area contributed by atoms with E-state index in [0.717, 1.165) is 53.3 Å². The zero-order valence-corrected chi connectivity index (χ0v) is 16.8. The molecule has 1 aromatic carbocycles. The number of fused-ring (bicyclic) bond motifs is 2. The molecule has 0 fully saturated rings. The number of benzene rings is 1. The number of aromatic nitrogens is 1. The number of esters is 1. The Bertz CT molecular complexity index is 998. The monoisotopic (exact) mass is 405 g/mol. The summed E-state index contributed by atoms with van der Waals surface area (Å²) in [6.07, 6.45) is 1.95. The summed E-state index contributed by atoms with van der Waals surface area (Å²) in [6, 6.07) is 4.54. The minimum atomic E-state index is -0.328. The van der Waals surface area contributed by atoms with E-state index in [0.29, 0.717) is 10.7 Å². The van der Waals surface area contributed by atoms with Crippen LogP contribution in [0.2, 0.25) is 0 Å². The smallest absolute Gasteiger partial charge is 0.341 e. The average molecular weight is 406 g/mol. The Hall–Kier alpha value is -2.03. The van der Waals surface area contributed by atoms with Crippen LogP contribution in [-0.2, 0) is 17.7 Å². The van der Waals surface area contributed by atoms with Crippen LogP contribution in [0.3, 0.4) is 0 Å². The van der Waals surface area contributed by atoms with E-state index in [9.17, 15) is 9.18 Å². The molecule has 0 saturated carbocycles. The van der Waals surface area contributed by atoms with Gasteiger partial charge in [-0.15, -0.1) is 11.3 Å². The molecular weight excluding hydrogens is 385 g/mol. The summed E-state index contributed by atoms with van der Waals surface area (Å²) in [6.45, 7) is 5.02. The zero-order valence-electron chi connectivity index (χ0n) is 15.2. The number of ether oxygens (including phenoxy) is 1. The van der Waals surface area contributed by atoms with Crippen LogP contribution in [0.5, 0.6) is 0 Å². The Balaban J connectivity index is 1.69. The van der Waals surface area contributed by atoms with Crippen LogP contribution in [0.4, 0.5) is 14.5 Å². The van der Waals surface area contributed by atoms with Crippen molar-refractivity contribution in [2.75, 3.05) is 25.5 Å². The van der Waals surface area contributed by atoms with E-state index in [1.54, 1.807) is 17.4 Å². The van der Waals surface area contributed by atoms with Crippen LogP contribution in [0.1, 0.15) is 34.1 Å². The lowest BCUT2D eigenvalue weighted by Crippen LogP contribution is -2.30. The molecule has 8 heteroatoms. The molecule has 0 bridgehead atoms. The predicted octanol–water partition coefficient (Wildman–Crippen LogP) is 4.80. The maximum absolute atomic E-state index is 13.4. The van der Waals surface area contributed by atoms with Crippen molar-refractivity contribution in [1.82, 2.24) is 9.88 Å².